The first-order valence-corrected chi connectivity index (χ1v) is 4.87. The number of carbonyl (C=O) groups excluding carboxylic acids is 1. The van der Waals surface area contributed by atoms with Crippen molar-refractivity contribution in [3.63, 3.8) is 0 Å². The standard InChI is InChI=1S/C8H13N3OS/c1-5-6(2)13-7(11-5)3-4-10-8(9)12/h3-4H2,1-2H3,(H3,9,10,12). The normalized spacial score (nSPS) is 10.0. The zero-order valence-corrected chi connectivity index (χ0v) is 8.57. The number of thiazole rings is 1. The van der Waals surface area contributed by atoms with Crippen molar-refractivity contribution in [2.45, 2.75) is 20.3 Å². The molecule has 0 aliphatic rings. The van der Waals surface area contributed by atoms with Gasteiger partial charge in [0.25, 0.3) is 0 Å². The third-order valence-electron chi connectivity index (χ3n) is 1.71. The number of urea groups is 1. The summed E-state index contributed by atoms with van der Waals surface area (Å²) in [4.78, 5) is 15.9. The Labute approximate surface area is 81.2 Å². The number of carbonyl (C=O) groups is 1. The summed E-state index contributed by atoms with van der Waals surface area (Å²) < 4.78 is 0. The fourth-order valence-corrected chi connectivity index (χ4v) is 1.87. The van der Waals surface area contributed by atoms with E-state index in [0.29, 0.717) is 6.54 Å². The molecule has 0 bridgehead atoms. The second-order valence-corrected chi connectivity index (χ2v) is 4.08. The number of aryl methyl sites for hydroxylation is 2. The van der Waals surface area contributed by atoms with Crippen molar-refractivity contribution in [3.8, 4) is 0 Å². The average molecular weight is 199 g/mol. The van der Waals surface area contributed by atoms with E-state index >= 15 is 0 Å². The molecule has 13 heavy (non-hydrogen) atoms. The minimum absolute atomic E-state index is 0.481. The average Bonchev–Trinajstić information content (AvgIpc) is 2.30. The highest BCUT2D eigenvalue weighted by molar-refractivity contribution is 7.11. The molecule has 3 N–H and O–H groups in total. The molecule has 72 valence electrons. The molecule has 0 saturated carbocycles. The van der Waals surface area contributed by atoms with Crippen LogP contribution in [0.2, 0.25) is 0 Å². The fraction of sp³-hybridized carbons (Fsp3) is 0.500. The summed E-state index contributed by atoms with van der Waals surface area (Å²) in [6, 6.07) is -0.481. The summed E-state index contributed by atoms with van der Waals surface area (Å²) in [5.74, 6) is 0. The molecule has 0 aliphatic carbocycles. The van der Waals surface area contributed by atoms with Crippen LogP contribution in [-0.4, -0.2) is 17.6 Å². The van der Waals surface area contributed by atoms with Crippen molar-refractivity contribution in [1.29, 1.82) is 0 Å². The molecule has 0 fully saturated rings. The number of hydrogen-bond acceptors (Lipinski definition) is 3. The number of nitrogens with one attached hydrogen (secondary N) is 1. The fourth-order valence-electron chi connectivity index (χ4n) is 0.939. The van der Waals surface area contributed by atoms with Gasteiger partial charge in [-0.25, -0.2) is 9.78 Å². The molecule has 0 radical (unpaired) electrons. The van der Waals surface area contributed by atoms with Gasteiger partial charge in [0.05, 0.1) is 10.7 Å². The van der Waals surface area contributed by atoms with Crippen molar-refractivity contribution in [2.24, 2.45) is 5.73 Å². The number of hydrogen-bond donors (Lipinski definition) is 2. The number of aromatic nitrogens is 1. The molecule has 0 atom stereocenters. The molecule has 0 aromatic carbocycles. The van der Waals surface area contributed by atoms with Gasteiger partial charge in [-0.3, -0.25) is 0 Å². The minimum Gasteiger partial charge on any atom is -0.352 e. The van der Waals surface area contributed by atoms with Gasteiger partial charge in [-0.15, -0.1) is 11.3 Å². The van der Waals surface area contributed by atoms with Crippen LogP contribution in [-0.2, 0) is 6.42 Å². The Bertz CT molecular complexity index is 289. The Morgan fingerprint density at radius 3 is 2.77 bits per heavy atom. The van der Waals surface area contributed by atoms with Gasteiger partial charge in [0.15, 0.2) is 0 Å². The number of amides is 2. The Kier molecular flexibility index (Phi) is 3.25. The molecule has 0 spiro atoms. The van der Waals surface area contributed by atoms with Crippen LogP contribution in [0.1, 0.15) is 15.6 Å². The van der Waals surface area contributed by atoms with E-state index in [1.165, 1.54) is 4.88 Å². The first-order chi connectivity index (χ1) is 6.09. The summed E-state index contributed by atoms with van der Waals surface area (Å²) in [5.41, 5.74) is 5.99. The Hall–Kier alpha value is -1.10. The summed E-state index contributed by atoms with van der Waals surface area (Å²) in [6.45, 7) is 4.58. The van der Waals surface area contributed by atoms with Gasteiger partial charge in [-0.2, -0.15) is 0 Å². The monoisotopic (exact) mass is 199 g/mol. The highest BCUT2D eigenvalue weighted by Crippen LogP contribution is 2.16. The SMILES string of the molecule is Cc1nc(CCNC(N)=O)sc1C. The van der Waals surface area contributed by atoms with E-state index in [4.69, 9.17) is 5.73 Å². The van der Waals surface area contributed by atoms with Crippen LogP contribution < -0.4 is 11.1 Å². The topological polar surface area (TPSA) is 68.0 Å². The predicted octanol–water partition coefficient (Wildman–Crippen LogP) is 0.971. The van der Waals surface area contributed by atoms with Crippen molar-refractivity contribution in [2.75, 3.05) is 6.54 Å². The maximum Gasteiger partial charge on any atom is 0.312 e. The van der Waals surface area contributed by atoms with Crippen molar-refractivity contribution in [3.05, 3.63) is 15.6 Å². The van der Waals surface area contributed by atoms with Gasteiger partial charge in [-0.05, 0) is 13.8 Å². The number of nitrogens with zero attached hydrogens (tertiary/aromatic N) is 1. The van der Waals surface area contributed by atoms with Gasteiger partial charge in [-0.1, -0.05) is 0 Å². The smallest absolute Gasteiger partial charge is 0.312 e. The molecular formula is C8H13N3OS. The summed E-state index contributed by atoms with van der Waals surface area (Å²) in [5, 5.41) is 3.57. The number of primary amides is 1. The third-order valence-corrected chi connectivity index (χ3v) is 2.84. The molecule has 1 rings (SSSR count). The largest absolute Gasteiger partial charge is 0.352 e. The van der Waals surface area contributed by atoms with Gasteiger partial charge < -0.3 is 11.1 Å². The molecule has 5 heteroatoms. The van der Waals surface area contributed by atoms with E-state index in [1.54, 1.807) is 11.3 Å². The highest BCUT2D eigenvalue weighted by Gasteiger charge is 2.02. The van der Waals surface area contributed by atoms with Crippen LogP contribution in [0.25, 0.3) is 0 Å². The van der Waals surface area contributed by atoms with Crippen LogP contribution in [0.5, 0.6) is 0 Å². The van der Waals surface area contributed by atoms with Crippen LogP contribution in [0.3, 0.4) is 0 Å². The molecule has 2 amide bonds. The lowest BCUT2D eigenvalue weighted by atomic mass is 10.4. The van der Waals surface area contributed by atoms with Gasteiger partial charge in [0.1, 0.15) is 0 Å². The zero-order chi connectivity index (χ0) is 9.84. The van der Waals surface area contributed by atoms with E-state index in [-0.39, 0.29) is 0 Å². The van der Waals surface area contributed by atoms with E-state index in [1.807, 2.05) is 13.8 Å². The summed E-state index contributed by atoms with van der Waals surface area (Å²) >= 11 is 1.66. The van der Waals surface area contributed by atoms with Crippen LogP contribution >= 0.6 is 11.3 Å². The first kappa shape index (κ1) is 9.98. The van der Waals surface area contributed by atoms with E-state index < -0.39 is 6.03 Å². The lowest BCUT2D eigenvalue weighted by Gasteiger charge is -1.97. The maximum atomic E-state index is 10.4. The number of rotatable bonds is 3. The zero-order valence-electron chi connectivity index (χ0n) is 7.76. The van der Waals surface area contributed by atoms with E-state index in [0.717, 1.165) is 17.1 Å². The molecule has 1 aromatic heterocycles. The Balaban J connectivity index is 2.41. The van der Waals surface area contributed by atoms with Crippen LogP contribution in [0.15, 0.2) is 0 Å². The summed E-state index contributed by atoms with van der Waals surface area (Å²) in [6.07, 6.45) is 0.752. The van der Waals surface area contributed by atoms with Crippen molar-refractivity contribution < 1.29 is 4.79 Å². The minimum atomic E-state index is -0.481. The van der Waals surface area contributed by atoms with Crippen LogP contribution in [0, 0.1) is 13.8 Å². The third kappa shape index (κ3) is 3.02. The Morgan fingerprint density at radius 1 is 1.62 bits per heavy atom. The molecule has 0 saturated heterocycles. The lowest BCUT2D eigenvalue weighted by molar-refractivity contribution is 0.249. The first-order valence-electron chi connectivity index (χ1n) is 4.06. The molecule has 4 nitrogen and oxygen atoms in total. The van der Waals surface area contributed by atoms with E-state index in [2.05, 4.69) is 10.3 Å². The number of nitrogens with two attached hydrogens (primary N) is 1. The van der Waals surface area contributed by atoms with Gasteiger partial charge in [0.2, 0.25) is 0 Å². The second kappa shape index (κ2) is 4.23. The molecule has 1 aromatic rings. The molecule has 0 unspecified atom stereocenters. The molecular weight excluding hydrogens is 186 g/mol. The predicted molar refractivity (Wildman–Crippen MR) is 52.9 cm³/mol. The highest BCUT2D eigenvalue weighted by atomic mass is 32.1. The quantitative estimate of drug-likeness (QED) is 0.761. The van der Waals surface area contributed by atoms with Crippen molar-refractivity contribution >= 4 is 17.4 Å². The molecule has 0 aliphatic heterocycles. The van der Waals surface area contributed by atoms with Gasteiger partial charge >= 0.3 is 6.03 Å². The summed E-state index contributed by atoms with van der Waals surface area (Å²) in [7, 11) is 0. The lowest BCUT2D eigenvalue weighted by Crippen LogP contribution is -2.30. The molecule has 1 heterocycles. The van der Waals surface area contributed by atoms with Crippen LogP contribution in [0.4, 0.5) is 4.79 Å². The van der Waals surface area contributed by atoms with E-state index in [9.17, 15) is 4.79 Å². The maximum absolute atomic E-state index is 10.4. The van der Waals surface area contributed by atoms with Crippen molar-refractivity contribution in [1.82, 2.24) is 10.3 Å². The van der Waals surface area contributed by atoms with Gasteiger partial charge in [0, 0.05) is 17.8 Å². The Morgan fingerprint density at radius 2 is 2.31 bits per heavy atom. The second-order valence-electron chi connectivity index (χ2n) is 2.79.